The van der Waals surface area contributed by atoms with Crippen LogP contribution in [-0.2, 0) is 19.6 Å². The van der Waals surface area contributed by atoms with E-state index in [9.17, 15) is 13.2 Å². The molecule has 4 saturated carbocycles. The second-order valence-electron chi connectivity index (χ2n) is 8.93. The molecule has 4 aliphatic carbocycles. The third-order valence-corrected chi connectivity index (χ3v) is 6.96. The monoisotopic (exact) mass is 343 g/mol. The van der Waals surface area contributed by atoms with E-state index in [-0.39, 0.29) is 5.97 Å². The maximum atomic E-state index is 12.6. The van der Waals surface area contributed by atoms with E-state index in [1.807, 2.05) is 20.8 Å². The Hall–Kier alpha value is -0.620. The van der Waals surface area contributed by atoms with Crippen molar-refractivity contribution in [2.24, 2.45) is 17.3 Å². The first-order valence-electron chi connectivity index (χ1n) is 8.69. The van der Waals surface area contributed by atoms with Crippen molar-refractivity contribution in [3.8, 4) is 0 Å². The van der Waals surface area contributed by atoms with Crippen molar-refractivity contribution in [2.75, 3.05) is 6.26 Å². The molecule has 4 bridgehead atoms. The van der Waals surface area contributed by atoms with Gasteiger partial charge < -0.3 is 4.74 Å². The zero-order valence-electron chi connectivity index (χ0n) is 14.6. The van der Waals surface area contributed by atoms with Crippen molar-refractivity contribution in [3.63, 3.8) is 0 Å². The molecule has 132 valence electrons. The Balaban J connectivity index is 1.85. The number of carbonyl (C=O) groups excluding carboxylic acids is 1. The first kappa shape index (κ1) is 17.2. The van der Waals surface area contributed by atoms with E-state index in [4.69, 9.17) is 4.74 Å². The molecule has 0 saturated heterocycles. The number of sulfonamides is 1. The SMILES string of the molecule is CCC(C)(C)C(=O)OC12CC3CC(CC(NS(C)(=O)=O)(C3)C1)C2. The second-order valence-corrected chi connectivity index (χ2v) is 10.7. The van der Waals surface area contributed by atoms with Gasteiger partial charge in [0.25, 0.3) is 0 Å². The van der Waals surface area contributed by atoms with Crippen LogP contribution >= 0.6 is 0 Å². The Kier molecular flexibility index (Phi) is 3.88. The molecule has 0 amide bonds. The van der Waals surface area contributed by atoms with Crippen molar-refractivity contribution in [3.05, 3.63) is 0 Å². The summed E-state index contributed by atoms with van der Waals surface area (Å²) in [5.41, 5.74) is -1.36. The summed E-state index contributed by atoms with van der Waals surface area (Å²) in [6, 6.07) is 0. The van der Waals surface area contributed by atoms with Gasteiger partial charge in [0, 0.05) is 12.0 Å². The highest BCUT2D eigenvalue weighted by atomic mass is 32.2. The van der Waals surface area contributed by atoms with Crippen LogP contribution in [0.25, 0.3) is 0 Å². The van der Waals surface area contributed by atoms with Gasteiger partial charge in [0.05, 0.1) is 11.7 Å². The van der Waals surface area contributed by atoms with Crippen LogP contribution in [0.4, 0.5) is 0 Å². The summed E-state index contributed by atoms with van der Waals surface area (Å²) in [4.78, 5) is 12.6. The Morgan fingerprint density at radius 2 is 1.78 bits per heavy atom. The first-order valence-corrected chi connectivity index (χ1v) is 10.6. The van der Waals surface area contributed by atoms with Gasteiger partial charge in [0.15, 0.2) is 0 Å². The molecular formula is C17H29NO4S. The smallest absolute Gasteiger partial charge is 0.312 e. The molecule has 1 N–H and O–H groups in total. The van der Waals surface area contributed by atoms with Crippen LogP contribution in [0.1, 0.15) is 65.7 Å². The molecule has 2 unspecified atom stereocenters. The molecule has 4 aliphatic rings. The topological polar surface area (TPSA) is 72.5 Å². The van der Waals surface area contributed by atoms with Crippen molar-refractivity contribution in [1.82, 2.24) is 4.72 Å². The first-order chi connectivity index (χ1) is 10.5. The van der Waals surface area contributed by atoms with E-state index in [2.05, 4.69) is 4.72 Å². The van der Waals surface area contributed by atoms with Crippen LogP contribution in [0.3, 0.4) is 0 Å². The molecule has 0 aliphatic heterocycles. The van der Waals surface area contributed by atoms with Crippen LogP contribution in [0.2, 0.25) is 0 Å². The van der Waals surface area contributed by atoms with Crippen molar-refractivity contribution < 1.29 is 17.9 Å². The van der Waals surface area contributed by atoms with Crippen LogP contribution in [-0.4, -0.2) is 31.8 Å². The normalized spacial score (nSPS) is 39.5. The summed E-state index contributed by atoms with van der Waals surface area (Å²) < 4.78 is 32.6. The summed E-state index contributed by atoms with van der Waals surface area (Å²) >= 11 is 0. The summed E-state index contributed by atoms with van der Waals surface area (Å²) in [6.45, 7) is 5.83. The zero-order valence-corrected chi connectivity index (χ0v) is 15.5. The zero-order chi connectivity index (χ0) is 17.1. The predicted molar refractivity (Wildman–Crippen MR) is 88.3 cm³/mol. The number of carbonyl (C=O) groups is 1. The van der Waals surface area contributed by atoms with Gasteiger partial charge in [-0.05, 0) is 64.2 Å². The fraction of sp³-hybridized carbons (Fsp3) is 0.941. The lowest BCUT2D eigenvalue weighted by atomic mass is 9.51. The molecule has 4 rings (SSSR count). The van der Waals surface area contributed by atoms with E-state index < -0.39 is 26.6 Å². The number of ether oxygens (including phenoxy) is 1. The van der Waals surface area contributed by atoms with Crippen molar-refractivity contribution in [1.29, 1.82) is 0 Å². The second kappa shape index (κ2) is 5.19. The maximum Gasteiger partial charge on any atom is 0.312 e. The predicted octanol–water partition coefficient (Wildman–Crippen LogP) is 2.61. The Morgan fingerprint density at radius 3 is 2.26 bits per heavy atom. The lowest BCUT2D eigenvalue weighted by molar-refractivity contribution is -0.199. The molecule has 0 aromatic rings. The van der Waals surface area contributed by atoms with E-state index in [0.29, 0.717) is 18.3 Å². The molecule has 23 heavy (non-hydrogen) atoms. The van der Waals surface area contributed by atoms with Gasteiger partial charge in [-0.3, -0.25) is 4.79 Å². The highest BCUT2D eigenvalue weighted by molar-refractivity contribution is 7.88. The number of hydrogen-bond acceptors (Lipinski definition) is 4. The van der Waals surface area contributed by atoms with Gasteiger partial charge >= 0.3 is 5.97 Å². The van der Waals surface area contributed by atoms with Gasteiger partial charge in [-0.1, -0.05) is 6.92 Å². The van der Waals surface area contributed by atoms with Gasteiger partial charge in [-0.2, -0.15) is 0 Å². The molecule has 6 heteroatoms. The third kappa shape index (κ3) is 3.29. The minimum Gasteiger partial charge on any atom is -0.459 e. The third-order valence-electron chi connectivity index (χ3n) is 6.15. The number of rotatable bonds is 5. The summed E-state index contributed by atoms with van der Waals surface area (Å²) in [5.74, 6) is 0.780. The quantitative estimate of drug-likeness (QED) is 0.779. The molecule has 5 nitrogen and oxygen atoms in total. The number of esters is 1. The largest absolute Gasteiger partial charge is 0.459 e. The average Bonchev–Trinajstić information content (AvgIpc) is 2.33. The Morgan fingerprint density at radius 1 is 1.22 bits per heavy atom. The molecule has 0 aromatic carbocycles. The van der Waals surface area contributed by atoms with Crippen LogP contribution in [0.5, 0.6) is 0 Å². The molecular weight excluding hydrogens is 314 g/mol. The van der Waals surface area contributed by atoms with Crippen molar-refractivity contribution in [2.45, 2.75) is 76.9 Å². The maximum absolute atomic E-state index is 12.6. The summed E-state index contributed by atoms with van der Waals surface area (Å²) in [5, 5.41) is 0. The van der Waals surface area contributed by atoms with Gasteiger partial charge in [0.1, 0.15) is 5.60 Å². The fourth-order valence-corrected chi connectivity index (χ4v) is 6.32. The molecule has 0 spiro atoms. The molecule has 0 radical (unpaired) electrons. The van der Waals surface area contributed by atoms with Crippen LogP contribution in [0, 0.1) is 17.3 Å². The number of hydrogen-bond donors (Lipinski definition) is 1. The summed E-state index contributed by atoms with van der Waals surface area (Å²) in [6.07, 6.45) is 7.28. The van der Waals surface area contributed by atoms with Crippen LogP contribution < -0.4 is 4.72 Å². The molecule has 0 heterocycles. The van der Waals surface area contributed by atoms with E-state index in [0.717, 1.165) is 38.5 Å². The average molecular weight is 343 g/mol. The van der Waals surface area contributed by atoms with E-state index in [1.54, 1.807) is 0 Å². The minimum absolute atomic E-state index is 0.142. The standard InChI is InChI=1S/C17H29NO4S/c1-5-15(2,3)14(19)22-17-9-12-6-13(10-17)8-16(7-12,11-17)18-23(4,20)21/h12-13,18H,5-11H2,1-4H3. The van der Waals surface area contributed by atoms with Gasteiger partial charge in [-0.15, -0.1) is 0 Å². The Bertz CT molecular complexity index is 596. The van der Waals surface area contributed by atoms with E-state index in [1.165, 1.54) is 6.26 Å². The minimum atomic E-state index is -3.27. The fourth-order valence-electron chi connectivity index (χ4n) is 5.29. The van der Waals surface area contributed by atoms with Crippen molar-refractivity contribution >= 4 is 16.0 Å². The summed E-state index contributed by atoms with van der Waals surface area (Å²) in [7, 11) is -3.27. The molecule has 4 fully saturated rings. The van der Waals surface area contributed by atoms with Gasteiger partial charge in [0.2, 0.25) is 10.0 Å². The Labute approximate surface area is 139 Å². The highest BCUT2D eigenvalue weighted by Gasteiger charge is 2.60. The highest BCUT2D eigenvalue weighted by Crippen LogP contribution is 2.59. The van der Waals surface area contributed by atoms with Crippen LogP contribution in [0.15, 0.2) is 0 Å². The number of nitrogens with one attached hydrogen (secondary N) is 1. The molecule has 0 aromatic heterocycles. The lowest BCUT2D eigenvalue weighted by Crippen LogP contribution is -2.66. The van der Waals surface area contributed by atoms with E-state index >= 15 is 0 Å². The van der Waals surface area contributed by atoms with Gasteiger partial charge in [-0.25, -0.2) is 13.1 Å². The molecule has 2 atom stereocenters. The lowest BCUT2D eigenvalue weighted by Gasteiger charge is -2.61.